The van der Waals surface area contributed by atoms with Crippen LogP contribution in [0.25, 0.3) is 0 Å². The van der Waals surface area contributed by atoms with Crippen LogP contribution in [0, 0.1) is 17.0 Å². The molecule has 2 aromatic carbocycles. The highest BCUT2D eigenvalue weighted by atomic mass is 19.1. The molecular formula is C27H30F2N6O5. The lowest BCUT2D eigenvalue weighted by Gasteiger charge is -2.23. The zero-order valence-corrected chi connectivity index (χ0v) is 22.1. The molecule has 0 radical (unpaired) electrons. The third-order valence-corrected chi connectivity index (χ3v) is 5.12. The number of nitrogens with two attached hydrogens (primary N) is 1. The number of nitrogens with one attached hydrogen (secondary N) is 4. The van der Waals surface area contributed by atoms with E-state index in [9.17, 15) is 14.0 Å². The summed E-state index contributed by atoms with van der Waals surface area (Å²) in [6, 6.07) is 8.43. The molecule has 0 spiro atoms. The molecule has 212 valence electrons. The lowest BCUT2D eigenvalue weighted by Crippen LogP contribution is -2.45. The van der Waals surface area contributed by atoms with Gasteiger partial charge in [0.25, 0.3) is 11.8 Å². The van der Waals surface area contributed by atoms with Crippen LogP contribution in [-0.2, 0) is 9.59 Å². The van der Waals surface area contributed by atoms with Crippen LogP contribution < -0.4 is 31.4 Å². The predicted octanol–water partition coefficient (Wildman–Crippen LogP) is 3.26. The maximum atomic E-state index is 15.4. The number of halogens is 2. The first kappa shape index (κ1) is 31.1. The average molecular weight is 557 g/mol. The number of hydrazine groups is 1. The van der Waals surface area contributed by atoms with E-state index in [2.05, 4.69) is 21.2 Å². The minimum Gasteiger partial charge on any atom is -0.490 e. The molecule has 0 saturated carbocycles. The first-order chi connectivity index (χ1) is 19.1. The van der Waals surface area contributed by atoms with Crippen LogP contribution >= 0.6 is 0 Å². The van der Waals surface area contributed by atoms with E-state index in [1.165, 1.54) is 12.3 Å². The molecule has 0 aliphatic rings. The zero-order chi connectivity index (χ0) is 29.8. The molecule has 3 rings (SSSR count). The van der Waals surface area contributed by atoms with Gasteiger partial charge in [0, 0.05) is 29.1 Å². The monoisotopic (exact) mass is 556 g/mol. The summed E-state index contributed by atoms with van der Waals surface area (Å²) in [5, 5.41) is 10.4. The van der Waals surface area contributed by atoms with Gasteiger partial charge in [0.15, 0.2) is 17.3 Å². The van der Waals surface area contributed by atoms with E-state index in [1.54, 1.807) is 45.0 Å². The number of rotatable bonds is 10. The lowest BCUT2D eigenvalue weighted by molar-refractivity contribution is -0.122. The van der Waals surface area contributed by atoms with Gasteiger partial charge in [0.1, 0.15) is 24.5 Å². The number of hydrogen-bond acceptors (Lipinski definition) is 8. The number of aromatic nitrogens is 1. The van der Waals surface area contributed by atoms with Crippen LogP contribution in [0.15, 0.2) is 54.9 Å². The van der Waals surface area contributed by atoms with Crippen molar-refractivity contribution in [1.82, 2.24) is 15.8 Å². The zero-order valence-electron chi connectivity index (χ0n) is 22.1. The molecule has 2 amide bonds. The van der Waals surface area contributed by atoms with E-state index >= 15 is 4.39 Å². The Morgan fingerprint density at radius 3 is 2.30 bits per heavy atom. The van der Waals surface area contributed by atoms with Crippen molar-refractivity contribution < 1.29 is 32.6 Å². The van der Waals surface area contributed by atoms with Crippen LogP contribution in [0.3, 0.4) is 0 Å². The number of carbonyl (C=O) groups is 3. The SMILES string of the molecule is C=O.CCOc1cc(C(Nc2ccc(C(=N)N)cc2)C(=O)NNC(=O)c2ccncc2F)c(F)cc1OC(C)C. The number of ether oxygens (including phenoxy) is 2. The molecule has 1 atom stereocenters. The Kier molecular flexibility index (Phi) is 11.5. The first-order valence-electron chi connectivity index (χ1n) is 11.9. The third-order valence-electron chi connectivity index (χ3n) is 5.12. The fourth-order valence-electron chi connectivity index (χ4n) is 3.40. The van der Waals surface area contributed by atoms with E-state index in [0.717, 1.165) is 18.3 Å². The number of nitrogen functional groups attached to an aromatic ring is 1. The number of nitrogens with zero attached hydrogens (tertiary/aromatic N) is 1. The Balaban J connectivity index is 0.00000274. The van der Waals surface area contributed by atoms with E-state index in [0.29, 0.717) is 11.3 Å². The van der Waals surface area contributed by atoms with Crippen molar-refractivity contribution in [2.24, 2.45) is 5.73 Å². The van der Waals surface area contributed by atoms with Crippen molar-refractivity contribution in [3.05, 3.63) is 83.2 Å². The Hall–Kier alpha value is -5.07. The smallest absolute Gasteiger partial charge is 0.272 e. The molecule has 11 nitrogen and oxygen atoms in total. The van der Waals surface area contributed by atoms with Crippen LogP contribution in [0.1, 0.15) is 48.3 Å². The molecule has 1 aromatic heterocycles. The van der Waals surface area contributed by atoms with Gasteiger partial charge < -0.3 is 25.3 Å². The van der Waals surface area contributed by atoms with E-state index in [4.69, 9.17) is 25.4 Å². The molecule has 1 unspecified atom stereocenters. The predicted molar refractivity (Wildman–Crippen MR) is 144 cm³/mol. The number of pyridine rings is 1. The van der Waals surface area contributed by atoms with Gasteiger partial charge in [-0.3, -0.25) is 30.8 Å². The third kappa shape index (κ3) is 8.21. The standard InChI is InChI=1S/C26H28F2N6O4.CH2O/c1-4-37-21-11-18(19(27)12-22(21)38-14(2)3)23(32-16-7-5-15(6-8-16)24(29)30)26(36)34-33-25(35)17-9-10-31-13-20(17)28;1-2/h5-14,23,32H,4H2,1-3H3,(H3,29,30)(H,33,35)(H,34,36);1H2. The van der Waals surface area contributed by atoms with Crippen molar-refractivity contribution in [1.29, 1.82) is 5.41 Å². The Bertz CT molecular complexity index is 1340. The van der Waals surface area contributed by atoms with Gasteiger partial charge >= 0.3 is 0 Å². The van der Waals surface area contributed by atoms with Gasteiger partial charge in [-0.05, 0) is 57.2 Å². The van der Waals surface area contributed by atoms with Crippen LogP contribution in [0.5, 0.6) is 11.5 Å². The summed E-state index contributed by atoms with van der Waals surface area (Å²) in [4.78, 5) is 37.2. The topological polar surface area (TPSA) is 169 Å². The van der Waals surface area contributed by atoms with Crippen molar-refractivity contribution in [2.45, 2.75) is 32.9 Å². The van der Waals surface area contributed by atoms with E-state index in [-0.39, 0.29) is 41.2 Å². The van der Waals surface area contributed by atoms with Gasteiger partial charge in [-0.1, -0.05) is 0 Å². The number of amides is 2. The molecule has 13 heteroatoms. The van der Waals surface area contributed by atoms with Gasteiger partial charge in [-0.2, -0.15) is 0 Å². The molecule has 40 heavy (non-hydrogen) atoms. The van der Waals surface area contributed by atoms with Crippen LogP contribution in [0.2, 0.25) is 0 Å². The van der Waals surface area contributed by atoms with Crippen LogP contribution in [0.4, 0.5) is 14.5 Å². The largest absolute Gasteiger partial charge is 0.490 e. The number of amidine groups is 1. The quantitative estimate of drug-likeness (QED) is 0.144. The lowest BCUT2D eigenvalue weighted by atomic mass is 10.0. The highest BCUT2D eigenvalue weighted by molar-refractivity contribution is 5.97. The molecule has 0 fully saturated rings. The molecule has 0 saturated heterocycles. The molecule has 1 heterocycles. The van der Waals surface area contributed by atoms with E-state index < -0.39 is 29.5 Å². The number of hydrogen-bond donors (Lipinski definition) is 5. The maximum Gasteiger partial charge on any atom is 0.272 e. The van der Waals surface area contributed by atoms with Crippen molar-refractivity contribution in [3.8, 4) is 11.5 Å². The molecule has 0 aliphatic heterocycles. The van der Waals surface area contributed by atoms with Crippen molar-refractivity contribution in [3.63, 3.8) is 0 Å². The Morgan fingerprint density at radius 2 is 1.73 bits per heavy atom. The minimum absolute atomic E-state index is 0.109. The molecular weight excluding hydrogens is 526 g/mol. The fraction of sp³-hybridized carbons (Fsp3) is 0.222. The summed E-state index contributed by atoms with van der Waals surface area (Å²) in [5.41, 5.74) is 10.2. The van der Waals surface area contributed by atoms with Crippen LogP contribution in [-0.4, -0.2) is 42.1 Å². The van der Waals surface area contributed by atoms with Gasteiger partial charge in [-0.15, -0.1) is 0 Å². The first-order valence-corrected chi connectivity index (χ1v) is 11.9. The second kappa shape index (κ2) is 14.8. The average Bonchev–Trinajstić information content (AvgIpc) is 2.93. The second-order valence-electron chi connectivity index (χ2n) is 8.29. The molecule has 3 aromatic rings. The van der Waals surface area contributed by atoms with Crippen molar-refractivity contribution >= 4 is 30.1 Å². The number of benzene rings is 2. The summed E-state index contributed by atoms with van der Waals surface area (Å²) in [7, 11) is 0. The number of carbonyl (C=O) groups excluding carboxylic acids is 3. The van der Waals surface area contributed by atoms with Gasteiger partial charge in [0.05, 0.1) is 24.5 Å². The summed E-state index contributed by atoms with van der Waals surface area (Å²) >= 11 is 0. The normalized spacial score (nSPS) is 10.9. The summed E-state index contributed by atoms with van der Waals surface area (Å²) in [6.45, 7) is 7.55. The number of anilines is 1. The maximum absolute atomic E-state index is 15.4. The summed E-state index contributed by atoms with van der Waals surface area (Å²) < 4.78 is 40.6. The summed E-state index contributed by atoms with van der Waals surface area (Å²) in [5.74, 6) is -3.22. The summed E-state index contributed by atoms with van der Waals surface area (Å²) in [6.07, 6.45) is 1.82. The minimum atomic E-state index is -1.38. The molecule has 6 N–H and O–H groups in total. The molecule has 0 aliphatic carbocycles. The van der Waals surface area contributed by atoms with Gasteiger partial charge in [0.2, 0.25) is 0 Å². The highest BCUT2D eigenvalue weighted by Gasteiger charge is 2.27. The van der Waals surface area contributed by atoms with Gasteiger partial charge in [-0.25, -0.2) is 8.78 Å². The Labute approximate surface area is 229 Å². The van der Waals surface area contributed by atoms with E-state index in [1.807, 2.05) is 6.79 Å². The fourth-order valence-corrected chi connectivity index (χ4v) is 3.40. The Morgan fingerprint density at radius 1 is 1.05 bits per heavy atom. The second-order valence-corrected chi connectivity index (χ2v) is 8.29. The molecule has 0 bridgehead atoms. The highest BCUT2D eigenvalue weighted by Crippen LogP contribution is 2.35. The van der Waals surface area contributed by atoms with Crippen molar-refractivity contribution in [2.75, 3.05) is 11.9 Å².